The molecule has 0 saturated heterocycles. The van der Waals surface area contributed by atoms with E-state index in [9.17, 15) is 14.4 Å². The van der Waals surface area contributed by atoms with Gasteiger partial charge in [-0.05, 0) is 146 Å². The third kappa shape index (κ3) is 7.47. The number of alkyl halides is 1. The van der Waals surface area contributed by atoms with Gasteiger partial charge in [-0.2, -0.15) is 0 Å². The molecule has 0 aromatic heterocycles. The normalized spacial score (nSPS) is 38.4. The molecular weight excluding hydrogens is 561 g/mol. The Morgan fingerprint density at radius 1 is 0.818 bits per heavy atom. The van der Waals surface area contributed by atoms with Crippen LogP contribution >= 0.6 is 0 Å². The second-order valence-corrected chi connectivity index (χ2v) is 17.3. The van der Waals surface area contributed by atoms with Crippen molar-refractivity contribution in [1.82, 2.24) is 0 Å². The van der Waals surface area contributed by atoms with Crippen molar-refractivity contribution in [2.45, 2.75) is 162 Å². The number of hydrogen-bond donors (Lipinski definition) is 1. The summed E-state index contributed by atoms with van der Waals surface area (Å²) in [5, 5.41) is 0. The molecule has 4 aliphatic carbocycles. The first kappa shape index (κ1) is 35.2. The van der Waals surface area contributed by atoms with Gasteiger partial charge in [-0.25, -0.2) is 4.39 Å². The van der Waals surface area contributed by atoms with Gasteiger partial charge >= 0.3 is 17.9 Å². The number of carbonyl (C=O) groups excluding carboxylic acids is 3. The molecule has 4 fully saturated rings. The van der Waals surface area contributed by atoms with Crippen LogP contribution in [-0.4, -0.2) is 47.4 Å². The molecule has 4 saturated carbocycles. The molecule has 8 heteroatoms. The number of carbonyl (C=O) groups is 3. The minimum absolute atomic E-state index is 0.105. The highest BCUT2D eigenvalue weighted by Crippen LogP contribution is 2.68. The zero-order chi connectivity index (χ0) is 32.8. The van der Waals surface area contributed by atoms with E-state index in [1.807, 2.05) is 20.8 Å². The first-order valence-electron chi connectivity index (χ1n) is 17.3. The molecule has 7 nitrogen and oxygen atoms in total. The van der Waals surface area contributed by atoms with Crippen LogP contribution in [0.4, 0.5) is 4.39 Å². The Morgan fingerprint density at radius 2 is 1.39 bits per heavy atom. The summed E-state index contributed by atoms with van der Waals surface area (Å²) in [5.74, 6) is 1.20. The SMILES string of the molecule is C[C@H](CCC(=O)OC(C)(C)C)C1CC[C@H]2[C@@H]3CC[C@@H]4[C@@H](F)C(OC(=O)[C@@H](N)CC(=O)OC(C)(C)C)CC[C@]4(C)[C@H]3CC[C@]12C. The molecule has 11 atom stereocenters. The van der Waals surface area contributed by atoms with Crippen LogP contribution in [0.2, 0.25) is 0 Å². The topological polar surface area (TPSA) is 105 Å². The maximum absolute atomic E-state index is 16.2. The summed E-state index contributed by atoms with van der Waals surface area (Å²) in [6.07, 6.45) is 6.81. The molecule has 2 N–H and O–H groups in total. The van der Waals surface area contributed by atoms with E-state index in [-0.39, 0.29) is 29.1 Å². The highest BCUT2D eigenvalue weighted by molar-refractivity contribution is 5.82. The zero-order valence-electron chi connectivity index (χ0n) is 28.9. The monoisotopic (exact) mass is 621 g/mol. The van der Waals surface area contributed by atoms with Crippen molar-refractivity contribution in [1.29, 1.82) is 0 Å². The molecule has 0 aliphatic heterocycles. The maximum Gasteiger partial charge on any atom is 0.323 e. The Bertz CT molecular complexity index is 1070. The van der Waals surface area contributed by atoms with Crippen molar-refractivity contribution in [3.05, 3.63) is 0 Å². The second kappa shape index (κ2) is 12.8. The number of halogens is 1. The molecule has 0 aromatic rings. The van der Waals surface area contributed by atoms with E-state index >= 15 is 4.39 Å². The first-order chi connectivity index (χ1) is 20.2. The molecule has 252 valence electrons. The Kier molecular flexibility index (Phi) is 10.3. The Labute approximate surface area is 265 Å². The van der Waals surface area contributed by atoms with Crippen LogP contribution in [0.15, 0.2) is 0 Å². The van der Waals surface area contributed by atoms with Gasteiger partial charge in [0.05, 0.1) is 6.42 Å². The number of rotatable bonds is 8. The molecule has 4 aliphatic rings. The van der Waals surface area contributed by atoms with Gasteiger partial charge in [0, 0.05) is 6.42 Å². The van der Waals surface area contributed by atoms with Crippen molar-refractivity contribution in [2.24, 2.45) is 52.1 Å². The average molecular weight is 622 g/mol. The van der Waals surface area contributed by atoms with Gasteiger partial charge in [0.15, 0.2) is 0 Å². The second-order valence-electron chi connectivity index (χ2n) is 17.3. The van der Waals surface area contributed by atoms with Gasteiger partial charge in [0.2, 0.25) is 0 Å². The summed E-state index contributed by atoms with van der Waals surface area (Å²) in [6, 6.07) is -1.17. The average Bonchev–Trinajstić information content (AvgIpc) is 3.24. The zero-order valence-corrected chi connectivity index (χ0v) is 28.9. The van der Waals surface area contributed by atoms with Crippen LogP contribution in [-0.2, 0) is 28.6 Å². The molecule has 4 rings (SSSR count). The molecule has 0 spiro atoms. The predicted molar refractivity (Wildman–Crippen MR) is 168 cm³/mol. The van der Waals surface area contributed by atoms with Crippen molar-refractivity contribution >= 4 is 17.9 Å². The van der Waals surface area contributed by atoms with Crippen LogP contribution in [0.25, 0.3) is 0 Å². The summed E-state index contributed by atoms with van der Waals surface area (Å²) >= 11 is 0. The fraction of sp³-hybridized carbons (Fsp3) is 0.917. The molecule has 0 bridgehead atoms. The van der Waals surface area contributed by atoms with Gasteiger partial charge in [-0.15, -0.1) is 0 Å². The molecule has 2 unspecified atom stereocenters. The summed E-state index contributed by atoms with van der Waals surface area (Å²) in [5.41, 5.74) is 4.99. The lowest BCUT2D eigenvalue weighted by Gasteiger charge is -2.61. The van der Waals surface area contributed by atoms with Crippen LogP contribution in [0.5, 0.6) is 0 Å². The maximum atomic E-state index is 16.2. The highest BCUT2D eigenvalue weighted by Gasteiger charge is 2.62. The summed E-state index contributed by atoms with van der Waals surface area (Å²) in [7, 11) is 0. The summed E-state index contributed by atoms with van der Waals surface area (Å²) in [4.78, 5) is 37.3. The van der Waals surface area contributed by atoms with Crippen LogP contribution in [0, 0.1) is 46.3 Å². The van der Waals surface area contributed by atoms with Gasteiger partial charge in [-0.1, -0.05) is 20.8 Å². The van der Waals surface area contributed by atoms with Crippen LogP contribution in [0.3, 0.4) is 0 Å². The number of hydrogen-bond acceptors (Lipinski definition) is 7. The van der Waals surface area contributed by atoms with Crippen molar-refractivity contribution in [3.63, 3.8) is 0 Å². The van der Waals surface area contributed by atoms with E-state index in [1.165, 1.54) is 12.8 Å². The Morgan fingerprint density at radius 3 is 2.02 bits per heavy atom. The first-order valence-corrected chi connectivity index (χ1v) is 17.3. The van der Waals surface area contributed by atoms with Crippen LogP contribution in [0.1, 0.15) is 133 Å². The number of esters is 3. The number of fused-ring (bicyclic) bond motifs is 5. The van der Waals surface area contributed by atoms with Gasteiger partial charge in [0.25, 0.3) is 0 Å². The van der Waals surface area contributed by atoms with E-state index in [4.69, 9.17) is 19.9 Å². The van der Waals surface area contributed by atoms with Gasteiger partial charge < -0.3 is 19.9 Å². The van der Waals surface area contributed by atoms with Crippen molar-refractivity contribution < 1.29 is 33.0 Å². The lowest BCUT2D eigenvalue weighted by Crippen LogP contribution is -2.58. The molecule has 0 heterocycles. The lowest BCUT2D eigenvalue weighted by atomic mass is 9.44. The Hall–Kier alpha value is -1.70. The van der Waals surface area contributed by atoms with E-state index in [0.29, 0.717) is 42.4 Å². The molecule has 0 aromatic carbocycles. The Balaban J connectivity index is 1.36. The molecular formula is C36H60FNO6. The largest absolute Gasteiger partial charge is 0.460 e. The predicted octanol–water partition coefficient (Wildman–Crippen LogP) is 7.32. The fourth-order valence-electron chi connectivity index (χ4n) is 10.2. The lowest BCUT2D eigenvalue weighted by molar-refractivity contribution is -0.182. The van der Waals surface area contributed by atoms with E-state index < -0.39 is 41.5 Å². The standard InChI is InChI=1S/C36H60FNO6/c1-21(10-15-29(39)43-33(2,3)4)23-13-14-24-22-11-12-26-31(37)28(17-19-36(26,9)25(22)16-18-35(23,24)8)42-32(41)27(38)20-30(40)44-34(5,6)7/h21-28,31H,10-20,38H2,1-9H3/t21-,22+,23?,24+,25+,26-,27+,28?,31-,35-,36-/m1/s1. The number of nitrogens with two attached hydrogens (primary N) is 1. The summed E-state index contributed by atoms with van der Waals surface area (Å²) in [6.45, 7) is 18.1. The van der Waals surface area contributed by atoms with E-state index in [1.54, 1.807) is 20.8 Å². The summed E-state index contributed by atoms with van der Waals surface area (Å²) < 4.78 is 32.7. The molecule has 0 radical (unpaired) electrons. The van der Waals surface area contributed by atoms with Crippen molar-refractivity contribution in [2.75, 3.05) is 0 Å². The third-order valence-corrected chi connectivity index (χ3v) is 12.0. The molecule has 0 amide bonds. The van der Waals surface area contributed by atoms with E-state index in [0.717, 1.165) is 38.5 Å². The quantitative estimate of drug-likeness (QED) is 0.224. The minimum atomic E-state index is -1.23. The highest BCUT2D eigenvalue weighted by atomic mass is 19.1. The third-order valence-electron chi connectivity index (χ3n) is 12.0. The minimum Gasteiger partial charge on any atom is -0.460 e. The van der Waals surface area contributed by atoms with E-state index in [2.05, 4.69) is 20.8 Å². The van der Waals surface area contributed by atoms with Gasteiger partial charge in [-0.3, -0.25) is 14.4 Å². The number of ether oxygens (including phenoxy) is 3. The van der Waals surface area contributed by atoms with Crippen LogP contribution < -0.4 is 5.73 Å². The van der Waals surface area contributed by atoms with Gasteiger partial charge in [0.1, 0.15) is 29.5 Å². The smallest absolute Gasteiger partial charge is 0.323 e. The fourth-order valence-corrected chi connectivity index (χ4v) is 10.2. The molecule has 44 heavy (non-hydrogen) atoms. The van der Waals surface area contributed by atoms with Crippen molar-refractivity contribution in [3.8, 4) is 0 Å².